The molecule has 0 fully saturated rings. The molecule has 5 rings (SSSR count). The van der Waals surface area contributed by atoms with Gasteiger partial charge in [0.2, 0.25) is 5.95 Å². The van der Waals surface area contributed by atoms with Gasteiger partial charge >= 0.3 is 12.2 Å². The van der Waals surface area contributed by atoms with Crippen molar-refractivity contribution in [3.8, 4) is 0 Å². The second-order valence-corrected chi connectivity index (χ2v) is 9.86. The predicted octanol–water partition coefficient (Wildman–Crippen LogP) is 6.73. The van der Waals surface area contributed by atoms with Gasteiger partial charge in [-0.25, -0.2) is 9.78 Å². The summed E-state index contributed by atoms with van der Waals surface area (Å²) in [5.74, 6) is -0.629. The van der Waals surface area contributed by atoms with Crippen LogP contribution in [0.5, 0.6) is 0 Å². The van der Waals surface area contributed by atoms with Crippen molar-refractivity contribution in [2.75, 3.05) is 13.1 Å². The Morgan fingerprint density at radius 1 is 1.10 bits per heavy atom. The number of aromatic nitrogens is 3. The number of benzene rings is 1. The van der Waals surface area contributed by atoms with Crippen LogP contribution in [0, 0.1) is 5.95 Å². The molecule has 1 N–H and O–H groups in total. The number of hydrogen-bond donors (Lipinski definition) is 1. The minimum absolute atomic E-state index is 0.114. The third-order valence-electron chi connectivity index (χ3n) is 6.47. The highest BCUT2D eigenvalue weighted by molar-refractivity contribution is 6.42. The van der Waals surface area contributed by atoms with Crippen LogP contribution in [-0.2, 0) is 25.7 Å². The summed E-state index contributed by atoms with van der Waals surface area (Å²) in [7, 11) is 0. The van der Waals surface area contributed by atoms with Crippen molar-refractivity contribution in [2.45, 2.75) is 25.7 Å². The number of nitrogens with zero attached hydrogens (tertiary/aromatic N) is 4. The number of carbonyl (C=O) groups is 1. The van der Waals surface area contributed by atoms with Crippen LogP contribution in [0.1, 0.15) is 28.1 Å². The van der Waals surface area contributed by atoms with Crippen molar-refractivity contribution in [1.29, 1.82) is 0 Å². The molecule has 0 unspecified atom stereocenters. The second kappa shape index (κ2) is 11.0. The molecule has 6 nitrogen and oxygen atoms in total. The van der Waals surface area contributed by atoms with Crippen molar-refractivity contribution in [3.63, 3.8) is 0 Å². The van der Waals surface area contributed by atoms with Crippen molar-refractivity contribution in [3.05, 3.63) is 98.9 Å². The minimum Gasteiger partial charge on any atom is -0.333 e. The standard InChI is InChI=1S/C27H21Cl2F4N5O/c28-21-11-19-20-15-37(8-1-2-18-4-3-17(14-35-18)27(31,32)33)9-6-23(20)38(24(19)12-22(21)29)26(39)36-13-16-5-7-34-25(30)10-16/h1-5,7,10-12,14H,6,8-9,13,15H2,(H,36,39). The van der Waals surface area contributed by atoms with Crippen molar-refractivity contribution < 1.29 is 22.4 Å². The van der Waals surface area contributed by atoms with Crippen molar-refractivity contribution >= 4 is 46.2 Å². The summed E-state index contributed by atoms with van der Waals surface area (Å²) in [6.45, 7) is 1.79. The van der Waals surface area contributed by atoms with Crippen LogP contribution in [0.3, 0.4) is 0 Å². The molecule has 1 aliphatic heterocycles. The normalized spacial score (nSPS) is 14.2. The SMILES string of the molecule is O=C(NCc1ccnc(F)c1)n1c2c(c3cc(Cl)c(Cl)cc31)CN(CC=Cc1ccc(C(F)(F)F)cn1)CC2. The molecule has 1 aromatic carbocycles. The van der Waals surface area contributed by atoms with Gasteiger partial charge in [-0.05, 0) is 53.6 Å². The molecule has 202 valence electrons. The summed E-state index contributed by atoms with van der Waals surface area (Å²) < 4.78 is 53.3. The lowest BCUT2D eigenvalue weighted by Crippen LogP contribution is -2.34. The number of fused-ring (bicyclic) bond motifs is 3. The van der Waals surface area contributed by atoms with E-state index in [-0.39, 0.29) is 12.6 Å². The maximum atomic E-state index is 13.5. The maximum Gasteiger partial charge on any atom is 0.417 e. The summed E-state index contributed by atoms with van der Waals surface area (Å²) >= 11 is 12.6. The fraction of sp³-hybridized carbons (Fsp3) is 0.222. The number of rotatable bonds is 5. The lowest BCUT2D eigenvalue weighted by atomic mass is 10.0. The van der Waals surface area contributed by atoms with Gasteiger partial charge < -0.3 is 5.32 Å². The van der Waals surface area contributed by atoms with E-state index < -0.39 is 17.7 Å². The van der Waals surface area contributed by atoms with E-state index in [0.29, 0.717) is 52.9 Å². The average Bonchev–Trinajstić information content (AvgIpc) is 3.20. The van der Waals surface area contributed by atoms with Crippen LogP contribution < -0.4 is 5.32 Å². The molecule has 3 aromatic heterocycles. The van der Waals surface area contributed by atoms with Crippen molar-refractivity contribution in [2.24, 2.45) is 0 Å². The van der Waals surface area contributed by atoms with Gasteiger partial charge in [-0.2, -0.15) is 17.6 Å². The van der Waals surface area contributed by atoms with Crippen LogP contribution in [0.25, 0.3) is 17.0 Å². The molecule has 0 spiro atoms. The Hall–Kier alpha value is -3.47. The average molecular weight is 578 g/mol. The lowest BCUT2D eigenvalue weighted by molar-refractivity contribution is -0.137. The zero-order chi connectivity index (χ0) is 27.7. The maximum absolute atomic E-state index is 13.5. The van der Waals surface area contributed by atoms with E-state index in [4.69, 9.17) is 23.2 Å². The molecule has 39 heavy (non-hydrogen) atoms. The Labute approximate surface area is 230 Å². The van der Waals surface area contributed by atoms with Gasteiger partial charge in [0, 0.05) is 56.1 Å². The number of halogens is 6. The van der Waals surface area contributed by atoms with E-state index in [1.165, 1.54) is 18.3 Å². The smallest absolute Gasteiger partial charge is 0.333 e. The molecule has 0 radical (unpaired) electrons. The molecule has 0 atom stereocenters. The second-order valence-electron chi connectivity index (χ2n) is 9.05. The highest BCUT2D eigenvalue weighted by atomic mass is 35.5. The molecule has 4 aromatic rings. The molecule has 12 heteroatoms. The van der Waals surface area contributed by atoms with E-state index in [1.807, 2.05) is 6.08 Å². The summed E-state index contributed by atoms with van der Waals surface area (Å²) in [5, 5.41) is 4.30. The van der Waals surface area contributed by atoms with Crippen LogP contribution in [0.2, 0.25) is 10.0 Å². The quantitative estimate of drug-likeness (QED) is 0.211. The molecule has 0 bridgehead atoms. The predicted molar refractivity (Wildman–Crippen MR) is 141 cm³/mol. The first-order chi connectivity index (χ1) is 18.6. The Morgan fingerprint density at radius 3 is 2.62 bits per heavy atom. The molecule has 1 amide bonds. The number of carbonyl (C=O) groups excluding carboxylic acids is 1. The van der Waals surface area contributed by atoms with E-state index >= 15 is 0 Å². The third-order valence-corrected chi connectivity index (χ3v) is 7.20. The third kappa shape index (κ3) is 5.93. The fourth-order valence-electron chi connectivity index (χ4n) is 4.60. The van der Waals surface area contributed by atoms with Crippen LogP contribution >= 0.6 is 23.2 Å². The van der Waals surface area contributed by atoms with Gasteiger partial charge in [-0.3, -0.25) is 14.5 Å². The Balaban J connectivity index is 1.35. The van der Waals surface area contributed by atoms with E-state index in [9.17, 15) is 22.4 Å². The lowest BCUT2D eigenvalue weighted by Gasteiger charge is -2.27. The molecule has 0 saturated heterocycles. The van der Waals surface area contributed by atoms with Crippen LogP contribution in [-0.4, -0.2) is 38.6 Å². The first kappa shape index (κ1) is 27.1. The Morgan fingerprint density at radius 2 is 1.90 bits per heavy atom. The molecule has 1 aliphatic rings. The molecule has 4 heterocycles. The zero-order valence-corrected chi connectivity index (χ0v) is 21.8. The highest BCUT2D eigenvalue weighted by Gasteiger charge is 2.30. The molecular formula is C27H21Cl2F4N5O. The highest BCUT2D eigenvalue weighted by Crippen LogP contribution is 2.36. The summed E-state index contributed by atoms with van der Waals surface area (Å²) in [4.78, 5) is 22.8. The van der Waals surface area contributed by atoms with Crippen LogP contribution in [0.4, 0.5) is 22.4 Å². The van der Waals surface area contributed by atoms with E-state index in [1.54, 1.807) is 28.8 Å². The molecule has 0 aliphatic carbocycles. The van der Waals surface area contributed by atoms with Gasteiger partial charge in [-0.1, -0.05) is 29.3 Å². The fourth-order valence-corrected chi connectivity index (χ4v) is 4.92. The summed E-state index contributed by atoms with van der Waals surface area (Å²) in [6, 6.07) is 8.22. The topological polar surface area (TPSA) is 63.1 Å². The van der Waals surface area contributed by atoms with Gasteiger partial charge in [0.1, 0.15) is 0 Å². The zero-order valence-electron chi connectivity index (χ0n) is 20.3. The number of pyridine rings is 2. The number of hydrogen-bond acceptors (Lipinski definition) is 4. The Kier molecular flexibility index (Phi) is 7.61. The largest absolute Gasteiger partial charge is 0.417 e. The van der Waals surface area contributed by atoms with Gasteiger partial charge in [0.15, 0.2) is 0 Å². The summed E-state index contributed by atoms with van der Waals surface area (Å²) in [6.07, 6.45) is 1.79. The van der Waals surface area contributed by atoms with Gasteiger partial charge in [0.25, 0.3) is 0 Å². The van der Waals surface area contributed by atoms with E-state index in [2.05, 4.69) is 20.2 Å². The first-order valence-electron chi connectivity index (χ1n) is 11.9. The van der Waals surface area contributed by atoms with Gasteiger partial charge in [-0.15, -0.1) is 0 Å². The Bertz CT molecular complexity index is 1570. The number of nitrogens with one attached hydrogen (secondary N) is 1. The number of alkyl halides is 3. The van der Waals surface area contributed by atoms with Gasteiger partial charge in [0.05, 0.1) is 26.8 Å². The first-order valence-corrected chi connectivity index (χ1v) is 12.7. The molecule has 0 saturated carbocycles. The van der Waals surface area contributed by atoms with E-state index in [0.717, 1.165) is 28.9 Å². The minimum atomic E-state index is -4.43. The number of amides is 1. The molecular weight excluding hydrogens is 557 g/mol. The van der Waals surface area contributed by atoms with Crippen LogP contribution in [0.15, 0.2) is 54.9 Å². The summed E-state index contributed by atoms with van der Waals surface area (Å²) in [5.41, 5.74) is 2.56. The monoisotopic (exact) mass is 577 g/mol. The van der Waals surface area contributed by atoms with Crippen molar-refractivity contribution in [1.82, 2.24) is 24.8 Å².